The Bertz CT molecular complexity index is 576. The van der Waals surface area contributed by atoms with E-state index >= 15 is 0 Å². The van der Waals surface area contributed by atoms with Crippen LogP contribution in [-0.2, 0) is 6.18 Å². The van der Waals surface area contributed by atoms with Crippen molar-refractivity contribution in [2.45, 2.75) is 12.2 Å². The van der Waals surface area contributed by atoms with Gasteiger partial charge in [-0.15, -0.1) is 11.3 Å². The van der Waals surface area contributed by atoms with Crippen LogP contribution in [0.2, 0.25) is 0 Å². The van der Waals surface area contributed by atoms with Crippen molar-refractivity contribution in [2.75, 3.05) is 0 Å². The molecule has 0 saturated carbocycles. The van der Waals surface area contributed by atoms with E-state index in [9.17, 15) is 17.6 Å². The minimum atomic E-state index is -4.49. The molecule has 1 atom stereocenters. The minimum absolute atomic E-state index is 0.227. The first kappa shape index (κ1) is 14.4. The zero-order valence-electron chi connectivity index (χ0n) is 9.21. The Morgan fingerprint density at radius 1 is 1.26 bits per heavy atom. The number of hydrogen-bond donors (Lipinski definition) is 1. The van der Waals surface area contributed by atoms with Gasteiger partial charge in [-0.1, -0.05) is 15.9 Å². The average Bonchev–Trinajstić information content (AvgIpc) is 2.75. The summed E-state index contributed by atoms with van der Waals surface area (Å²) in [6.07, 6.45) is -3.43. The van der Waals surface area contributed by atoms with Crippen molar-refractivity contribution >= 4 is 27.3 Å². The zero-order valence-corrected chi connectivity index (χ0v) is 11.6. The summed E-state index contributed by atoms with van der Waals surface area (Å²) < 4.78 is 51.0. The highest BCUT2D eigenvalue weighted by molar-refractivity contribution is 9.10. The summed E-state index contributed by atoms with van der Waals surface area (Å²) >= 11 is 3.56. The van der Waals surface area contributed by atoms with Gasteiger partial charge in [-0.05, 0) is 23.8 Å². The fraction of sp³-hybridized carbons (Fsp3) is 0.182. The second-order valence-corrected chi connectivity index (χ2v) is 5.72. The standard InChI is InChI=1S/C11H7BrF4N2S/c12-6-1-5(2-7(13)3-6)9(17)8-4-18-10(19-8)11(14,15)16/h1-4,9H,17H2. The van der Waals surface area contributed by atoms with E-state index in [-0.39, 0.29) is 4.88 Å². The van der Waals surface area contributed by atoms with E-state index in [1.807, 2.05) is 0 Å². The van der Waals surface area contributed by atoms with Crippen LogP contribution in [0.25, 0.3) is 0 Å². The smallest absolute Gasteiger partial charge is 0.320 e. The fourth-order valence-corrected chi connectivity index (χ4v) is 2.78. The van der Waals surface area contributed by atoms with Crippen LogP contribution in [0, 0.1) is 5.82 Å². The highest BCUT2D eigenvalue weighted by atomic mass is 79.9. The summed E-state index contributed by atoms with van der Waals surface area (Å²) in [7, 11) is 0. The lowest BCUT2D eigenvalue weighted by Crippen LogP contribution is -2.10. The van der Waals surface area contributed by atoms with Crippen LogP contribution in [0.3, 0.4) is 0 Å². The van der Waals surface area contributed by atoms with Gasteiger partial charge in [0.1, 0.15) is 5.82 Å². The highest BCUT2D eigenvalue weighted by Gasteiger charge is 2.35. The lowest BCUT2D eigenvalue weighted by atomic mass is 10.1. The summed E-state index contributed by atoms with van der Waals surface area (Å²) in [5, 5.41) is -0.964. The van der Waals surface area contributed by atoms with Crippen LogP contribution in [0.4, 0.5) is 17.6 Å². The predicted octanol–water partition coefficient (Wildman–Crippen LogP) is 4.11. The van der Waals surface area contributed by atoms with Gasteiger partial charge in [0.2, 0.25) is 0 Å². The number of nitrogens with two attached hydrogens (primary N) is 1. The SMILES string of the molecule is NC(c1cc(F)cc(Br)c1)c1cnc(C(F)(F)F)s1. The number of thiazole rings is 1. The normalized spacial score (nSPS) is 13.6. The van der Waals surface area contributed by atoms with Crippen LogP contribution in [-0.4, -0.2) is 4.98 Å². The Kier molecular flexibility index (Phi) is 3.93. The molecule has 0 bridgehead atoms. The van der Waals surface area contributed by atoms with E-state index in [1.54, 1.807) is 6.07 Å². The number of rotatable bonds is 2. The molecule has 0 saturated heterocycles. The molecule has 2 aromatic rings. The van der Waals surface area contributed by atoms with Crippen molar-refractivity contribution < 1.29 is 17.6 Å². The summed E-state index contributed by atoms with van der Waals surface area (Å²) in [6.45, 7) is 0. The molecule has 1 heterocycles. The molecule has 0 aliphatic heterocycles. The first-order valence-electron chi connectivity index (χ1n) is 5.02. The third-order valence-corrected chi connectivity index (χ3v) is 3.90. The largest absolute Gasteiger partial charge is 0.443 e. The van der Waals surface area contributed by atoms with Gasteiger partial charge in [0.25, 0.3) is 0 Å². The van der Waals surface area contributed by atoms with Crippen molar-refractivity contribution in [3.8, 4) is 0 Å². The summed E-state index contributed by atoms with van der Waals surface area (Å²) in [6, 6.07) is 3.13. The van der Waals surface area contributed by atoms with Gasteiger partial charge in [-0.25, -0.2) is 9.37 Å². The van der Waals surface area contributed by atoms with E-state index in [0.717, 1.165) is 6.20 Å². The zero-order chi connectivity index (χ0) is 14.2. The van der Waals surface area contributed by atoms with E-state index in [1.165, 1.54) is 12.1 Å². The molecule has 0 aliphatic carbocycles. The first-order chi connectivity index (χ1) is 8.77. The number of aromatic nitrogens is 1. The van der Waals surface area contributed by atoms with Gasteiger partial charge in [0.05, 0.1) is 6.04 Å². The number of nitrogens with zero attached hydrogens (tertiary/aromatic N) is 1. The molecule has 0 radical (unpaired) electrons. The predicted molar refractivity (Wildman–Crippen MR) is 67.2 cm³/mol. The van der Waals surface area contributed by atoms with Crippen molar-refractivity contribution in [1.29, 1.82) is 0 Å². The van der Waals surface area contributed by atoms with Crippen molar-refractivity contribution in [3.63, 3.8) is 0 Å². The van der Waals surface area contributed by atoms with Gasteiger partial charge in [0, 0.05) is 15.5 Å². The van der Waals surface area contributed by atoms with Gasteiger partial charge >= 0.3 is 6.18 Å². The van der Waals surface area contributed by atoms with Crippen LogP contribution >= 0.6 is 27.3 Å². The molecule has 0 amide bonds. The van der Waals surface area contributed by atoms with Gasteiger partial charge in [-0.3, -0.25) is 0 Å². The minimum Gasteiger partial charge on any atom is -0.320 e. The van der Waals surface area contributed by atoms with Crippen LogP contribution in [0.15, 0.2) is 28.9 Å². The molecule has 102 valence electrons. The van der Waals surface area contributed by atoms with Crippen LogP contribution in [0.1, 0.15) is 21.5 Å². The molecule has 2 nitrogen and oxygen atoms in total. The molecule has 0 aliphatic rings. The Labute approximate surface area is 118 Å². The lowest BCUT2D eigenvalue weighted by Gasteiger charge is -2.10. The van der Waals surface area contributed by atoms with E-state index in [4.69, 9.17) is 5.73 Å². The molecule has 0 fully saturated rings. The Hall–Kier alpha value is -0.990. The summed E-state index contributed by atoms with van der Waals surface area (Å²) in [4.78, 5) is 3.51. The van der Waals surface area contributed by atoms with Gasteiger partial charge in [0.15, 0.2) is 5.01 Å². The molecular formula is C11H7BrF4N2S. The molecule has 1 aromatic heterocycles. The molecule has 8 heteroatoms. The first-order valence-corrected chi connectivity index (χ1v) is 6.63. The van der Waals surface area contributed by atoms with E-state index < -0.39 is 23.0 Å². The third-order valence-electron chi connectivity index (χ3n) is 2.32. The van der Waals surface area contributed by atoms with Crippen LogP contribution < -0.4 is 5.73 Å². The lowest BCUT2D eigenvalue weighted by molar-refractivity contribution is -0.137. The fourth-order valence-electron chi connectivity index (χ4n) is 1.48. The third kappa shape index (κ3) is 3.31. The molecule has 2 N–H and O–H groups in total. The number of benzene rings is 1. The highest BCUT2D eigenvalue weighted by Crippen LogP contribution is 2.35. The molecule has 1 aromatic carbocycles. The summed E-state index contributed by atoms with van der Waals surface area (Å²) in [5.41, 5.74) is 6.21. The molecular weight excluding hydrogens is 348 g/mol. The number of alkyl halides is 3. The Balaban J connectivity index is 2.33. The van der Waals surface area contributed by atoms with Crippen LogP contribution in [0.5, 0.6) is 0 Å². The second-order valence-electron chi connectivity index (χ2n) is 3.75. The van der Waals surface area contributed by atoms with Crippen molar-refractivity contribution in [1.82, 2.24) is 4.98 Å². The monoisotopic (exact) mass is 354 g/mol. The maximum absolute atomic E-state index is 13.2. The number of halogens is 5. The average molecular weight is 355 g/mol. The maximum atomic E-state index is 13.2. The van der Waals surface area contributed by atoms with Crippen molar-refractivity contribution in [3.05, 3.63) is 50.1 Å². The van der Waals surface area contributed by atoms with Gasteiger partial charge < -0.3 is 5.73 Å². The van der Waals surface area contributed by atoms with Crippen molar-refractivity contribution in [2.24, 2.45) is 5.73 Å². The molecule has 2 rings (SSSR count). The topological polar surface area (TPSA) is 38.9 Å². The molecule has 0 spiro atoms. The molecule has 1 unspecified atom stereocenters. The van der Waals surface area contributed by atoms with E-state index in [2.05, 4.69) is 20.9 Å². The molecule has 19 heavy (non-hydrogen) atoms. The quantitative estimate of drug-likeness (QED) is 0.824. The Morgan fingerprint density at radius 2 is 1.95 bits per heavy atom. The maximum Gasteiger partial charge on any atom is 0.443 e. The van der Waals surface area contributed by atoms with E-state index in [0.29, 0.717) is 21.4 Å². The number of hydrogen-bond acceptors (Lipinski definition) is 3. The Morgan fingerprint density at radius 3 is 2.47 bits per heavy atom. The van der Waals surface area contributed by atoms with Gasteiger partial charge in [-0.2, -0.15) is 13.2 Å². The summed E-state index contributed by atoms with van der Waals surface area (Å²) in [5.74, 6) is -0.514. The second kappa shape index (κ2) is 5.18.